The second kappa shape index (κ2) is 8.70. The van der Waals surface area contributed by atoms with E-state index in [9.17, 15) is 9.90 Å². The van der Waals surface area contributed by atoms with Crippen LogP contribution in [0.2, 0.25) is 5.02 Å². The maximum Gasteiger partial charge on any atom is 0.257 e. The Morgan fingerprint density at radius 3 is 2.88 bits per heavy atom. The third kappa shape index (κ3) is 4.41. The van der Waals surface area contributed by atoms with Gasteiger partial charge in [-0.1, -0.05) is 11.6 Å². The van der Waals surface area contributed by atoms with Crippen molar-refractivity contribution in [1.29, 1.82) is 0 Å². The highest BCUT2D eigenvalue weighted by Gasteiger charge is 2.37. The van der Waals surface area contributed by atoms with E-state index in [1.54, 1.807) is 37.3 Å². The van der Waals surface area contributed by atoms with Gasteiger partial charge in [-0.3, -0.25) is 4.79 Å². The van der Waals surface area contributed by atoms with Crippen molar-refractivity contribution >= 4 is 17.5 Å². The van der Waals surface area contributed by atoms with Gasteiger partial charge in [-0.05, 0) is 43.9 Å². The minimum atomic E-state index is -0.252. The van der Waals surface area contributed by atoms with E-state index in [1.165, 1.54) is 0 Å². The Kier molecular flexibility index (Phi) is 6.90. The fourth-order valence-electron chi connectivity index (χ4n) is 3.40. The van der Waals surface area contributed by atoms with Crippen molar-refractivity contribution in [2.24, 2.45) is 5.41 Å². The topological polar surface area (TPSA) is 59.0 Å². The minimum Gasteiger partial charge on any atom is -0.496 e. The first kappa shape index (κ1) is 19.0. The molecule has 0 aliphatic carbocycles. The third-order valence-corrected chi connectivity index (χ3v) is 4.97. The summed E-state index contributed by atoms with van der Waals surface area (Å²) in [5.74, 6) is 0.419. The number of hydrogen-bond donors (Lipinski definition) is 1. The number of benzene rings is 1. The lowest BCUT2D eigenvalue weighted by Crippen LogP contribution is -2.48. The van der Waals surface area contributed by atoms with Gasteiger partial charge in [0.15, 0.2) is 0 Å². The molecule has 1 aromatic carbocycles. The Hall–Kier alpha value is -1.30. The monoisotopic (exact) mass is 355 g/mol. The van der Waals surface area contributed by atoms with E-state index in [2.05, 4.69) is 0 Å². The van der Waals surface area contributed by atoms with Crippen molar-refractivity contribution in [3.63, 3.8) is 0 Å². The van der Waals surface area contributed by atoms with Crippen LogP contribution in [0.25, 0.3) is 0 Å². The molecule has 1 fully saturated rings. The second-order valence-electron chi connectivity index (χ2n) is 6.43. The highest BCUT2D eigenvalue weighted by atomic mass is 35.5. The van der Waals surface area contributed by atoms with Gasteiger partial charge in [-0.25, -0.2) is 0 Å². The van der Waals surface area contributed by atoms with E-state index < -0.39 is 0 Å². The zero-order valence-corrected chi connectivity index (χ0v) is 15.1. The van der Waals surface area contributed by atoms with Crippen molar-refractivity contribution in [3.05, 3.63) is 28.8 Å². The summed E-state index contributed by atoms with van der Waals surface area (Å²) < 4.78 is 10.4. The van der Waals surface area contributed by atoms with Gasteiger partial charge in [0.05, 0.1) is 19.3 Å². The van der Waals surface area contributed by atoms with Crippen molar-refractivity contribution in [3.8, 4) is 5.75 Å². The zero-order valence-electron chi connectivity index (χ0n) is 14.4. The van der Waals surface area contributed by atoms with Crippen LogP contribution in [0.4, 0.5) is 0 Å². The number of rotatable bonds is 7. The largest absolute Gasteiger partial charge is 0.496 e. The number of aliphatic hydroxyl groups excluding tert-OH is 1. The van der Waals surface area contributed by atoms with E-state index in [0.29, 0.717) is 36.0 Å². The molecule has 5 nitrogen and oxygen atoms in total. The van der Waals surface area contributed by atoms with E-state index in [0.717, 1.165) is 25.7 Å². The summed E-state index contributed by atoms with van der Waals surface area (Å²) in [6.07, 6.45) is 3.51. The number of piperidine rings is 1. The van der Waals surface area contributed by atoms with Gasteiger partial charge in [0.2, 0.25) is 0 Å². The molecule has 0 radical (unpaired) electrons. The molecule has 1 N–H and O–H groups in total. The second-order valence-corrected chi connectivity index (χ2v) is 6.87. The van der Waals surface area contributed by atoms with E-state index >= 15 is 0 Å². The van der Waals surface area contributed by atoms with Crippen LogP contribution < -0.4 is 4.74 Å². The highest BCUT2D eigenvalue weighted by Crippen LogP contribution is 2.35. The standard InChI is InChI=1S/C18H26ClNO4/c1-23-10-4-8-18(13-21)7-3-9-20(12-18)17(22)15-11-14(19)5-6-16(15)24-2/h5-6,11,21H,3-4,7-10,12-13H2,1-2H3/t18-/m0/s1. The number of carbonyl (C=O) groups excluding carboxylic acids is 1. The predicted molar refractivity (Wildman–Crippen MR) is 93.8 cm³/mol. The van der Waals surface area contributed by atoms with Crippen LogP contribution in [-0.2, 0) is 4.74 Å². The molecule has 0 unspecified atom stereocenters. The highest BCUT2D eigenvalue weighted by molar-refractivity contribution is 6.31. The molecule has 2 rings (SSSR count). The first-order valence-corrected chi connectivity index (χ1v) is 8.65. The molecule has 1 aromatic rings. The molecule has 1 saturated heterocycles. The number of carbonyl (C=O) groups is 1. The third-order valence-electron chi connectivity index (χ3n) is 4.73. The van der Waals surface area contributed by atoms with Gasteiger partial charge in [0.25, 0.3) is 5.91 Å². The molecule has 0 bridgehead atoms. The van der Waals surface area contributed by atoms with E-state index in [4.69, 9.17) is 21.1 Å². The first-order chi connectivity index (χ1) is 11.5. The molecule has 0 saturated carbocycles. The number of methoxy groups -OCH3 is 2. The smallest absolute Gasteiger partial charge is 0.257 e. The number of likely N-dealkylation sites (tertiary alicyclic amines) is 1. The molecule has 24 heavy (non-hydrogen) atoms. The van der Waals surface area contributed by atoms with Gasteiger partial charge in [0, 0.05) is 37.2 Å². The number of amides is 1. The summed E-state index contributed by atoms with van der Waals surface area (Å²) in [6, 6.07) is 5.05. The fourth-order valence-corrected chi connectivity index (χ4v) is 3.57. The molecule has 1 heterocycles. The van der Waals surface area contributed by atoms with Crippen LogP contribution in [-0.4, -0.2) is 56.4 Å². The molecular weight excluding hydrogens is 330 g/mol. The molecule has 134 valence electrons. The van der Waals surface area contributed by atoms with Gasteiger partial charge in [-0.15, -0.1) is 0 Å². The number of aliphatic hydroxyl groups is 1. The molecule has 0 spiro atoms. The number of nitrogens with zero attached hydrogens (tertiary/aromatic N) is 1. The average Bonchev–Trinajstić information content (AvgIpc) is 2.61. The van der Waals surface area contributed by atoms with Gasteiger partial charge < -0.3 is 19.5 Å². The van der Waals surface area contributed by atoms with Crippen molar-refractivity contribution in [2.45, 2.75) is 25.7 Å². The van der Waals surface area contributed by atoms with Gasteiger partial charge in [-0.2, -0.15) is 0 Å². The Labute approximate surface area is 148 Å². The van der Waals surface area contributed by atoms with E-state index in [1.807, 2.05) is 0 Å². The summed E-state index contributed by atoms with van der Waals surface area (Å²) in [7, 11) is 3.22. The Morgan fingerprint density at radius 2 is 2.21 bits per heavy atom. The summed E-state index contributed by atoms with van der Waals surface area (Å²) in [5, 5.41) is 10.4. The molecule has 1 atom stereocenters. The maximum atomic E-state index is 12.9. The lowest BCUT2D eigenvalue weighted by Gasteiger charge is -2.42. The summed E-state index contributed by atoms with van der Waals surface area (Å²) >= 11 is 6.04. The summed E-state index contributed by atoms with van der Waals surface area (Å²) in [6.45, 7) is 1.97. The van der Waals surface area contributed by atoms with Gasteiger partial charge >= 0.3 is 0 Å². The van der Waals surface area contributed by atoms with E-state index in [-0.39, 0.29) is 17.9 Å². The molecule has 1 aliphatic heterocycles. The molecule has 1 aliphatic rings. The van der Waals surface area contributed by atoms with Crippen LogP contribution in [0.5, 0.6) is 5.75 Å². The Morgan fingerprint density at radius 1 is 1.42 bits per heavy atom. The zero-order chi connectivity index (χ0) is 17.6. The normalized spacial score (nSPS) is 20.9. The minimum absolute atomic E-state index is 0.0766. The Balaban J connectivity index is 2.16. The van der Waals surface area contributed by atoms with Crippen LogP contribution in [0, 0.1) is 5.41 Å². The number of halogens is 1. The summed E-state index contributed by atoms with van der Waals surface area (Å²) in [4.78, 5) is 14.8. The van der Waals surface area contributed by atoms with Gasteiger partial charge in [0.1, 0.15) is 5.75 Å². The number of ether oxygens (including phenoxy) is 2. The van der Waals surface area contributed by atoms with Crippen LogP contribution in [0.3, 0.4) is 0 Å². The molecule has 6 heteroatoms. The molecular formula is C18H26ClNO4. The van der Waals surface area contributed by atoms with Crippen molar-refractivity contribution < 1.29 is 19.4 Å². The maximum absolute atomic E-state index is 12.9. The van der Waals surface area contributed by atoms with Crippen molar-refractivity contribution in [1.82, 2.24) is 4.90 Å². The lowest BCUT2D eigenvalue weighted by molar-refractivity contribution is 0.0179. The first-order valence-electron chi connectivity index (χ1n) is 8.28. The quantitative estimate of drug-likeness (QED) is 0.764. The molecule has 0 aromatic heterocycles. The molecule has 1 amide bonds. The number of hydrogen-bond acceptors (Lipinski definition) is 4. The van der Waals surface area contributed by atoms with Crippen LogP contribution in [0.15, 0.2) is 18.2 Å². The SMILES string of the molecule is COCCC[C@@]1(CO)CCCN(C(=O)c2cc(Cl)ccc2OC)C1. The average molecular weight is 356 g/mol. The van der Waals surface area contributed by atoms with Crippen molar-refractivity contribution in [2.75, 3.05) is 40.5 Å². The lowest BCUT2D eigenvalue weighted by atomic mass is 9.77. The van der Waals surface area contributed by atoms with Crippen LogP contribution >= 0.6 is 11.6 Å². The fraction of sp³-hybridized carbons (Fsp3) is 0.611. The predicted octanol–water partition coefficient (Wildman–Crippen LogP) is 2.99. The van der Waals surface area contributed by atoms with Crippen LogP contribution in [0.1, 0.15) is 36.0 Å². The summed E-state index contributed by atoms with van der Waals surface area (Å²) in [5.41, 5.74) is 0.216. The Bertz CT molecular complexity index is 566.